The van der Waals surface area contributed by atoms with Crippen LogP contribution >= 0.6 is 0 Å². The summed E-state index contributed by atoms with van der Waals surface area (Å²) >= 11 is 0. The van der Waals surface area contributed by atoms with Gasteiger partial charge in [0, 0.05) is 38.3 Å². The Bertz CT molecular complexity index is 679. The van der Waals surface area contributed by atoms with Crippen LogP contribution in [0.25, 0.3) is 0 Å². The molecule has 0 amide bonds. The molecule has 1 aromatic rings. The average molecular weight is 376 g/mol. The molecule has 2 heterocycles. The fourth-order valence-corrected chi connectivity index (χ4v) is 4.71. The van der Waals surface area contributed by atoms with Gasteiger partial charge in [0.25, 0.3) is 0 Å². The minimum atomic E-state index is -0.661. The molecule has 1 unspecified atom stereocenters. The monoisotopic (exact) mass is 375 g/mol. The Hall–Kier alpha value is -1.59. The van der Waals surface area contributed by atoms with Crippen molar-refractivity contribution < 1.29 is 19.4 Å². The van der Waals surface area contributed by atoms with Crippen LogP contribution in [0.4, 0.5) is 0 Å². The summed E-state index contributed by atoms with van der Waals surface area (Å²) in [6.07, 6.45) is 1.69. The van der Waals surface area contributed by atoms with E-state index in [9.17, 15) is 9.90 Å². The van der Waals surface area contributed by atoms with Crippen molar-refractivity contribution >= 4 is 5.97 Å². The van der Waals surface area contributed by atoms with Gasteiger partial charge in [-0.2, -0.15) is 0 Å². The molecule has 3 rings (SSSR count). The molecule has 0 aliphatic carbocycles. The molecular weight excluding hydrogens is 342 g/mol. The standard InChI is InChI=1S/C22H33NO4/c1-5-27-20-10-16(4)17(11-18(20)15(2)3)12-23-13-19(21(24)25)22(14-23)6-8-26-9-7-22/h10-11,15,19H,5-9,12-14H2,1-4H3,(H,24,25). The van der Waals surface area contributed by atoms with Gasteiger partial charge in [-0.1, -0.05) is 19.9 Å². The molecule has 0 aromatic heterocycles. The minimum absolute atomic E-state index is 0.135. The lowest BCUT2D eigenvalue weighted by atomic mass is 9.72. The zero-order valence-corrected chi connectivity index (χ0v) is 17.1. The highest BCUT2D eigenvalue weighted by molar-refractivity contribution is 5.72. The molecule has 2 aliphatic heterocycles. The van der Waals surface area contributed by atoms with E-state index in [4.69, 9.17) is 9.47 Å². The number of carboxylic acids is 1. The molecule has 2 saturated heterocycles. The van der Waals surface area contributed by atoms with Crippen molar-refractivity contribution in [3.63, 3.8) is 0 Å². The predicted molar refractivity (Wildman–Crippen MR) is 105 cm³/mol. The second-order valence-corrected chi connectivity index (χ2v) is 8.44. The van der Waals surface area contributed by atoms with E-state index in [1.54, 1.807) is 0 Å². The van der Waals surface area contributed by atoms with E-state index in [1.165, 1.54) is 16.7 Å². The number of rotatable bonds is 6. The fraction of sp³-hybridized carbons (Fsp3) is 0.682. The molecule has 150 valence electrons. The van der Waals surface area contributed by atoms with Crippen molar-refractivity contribution in [2.24, 2.45) is 11.3 Å². The summed E-state index contributed by atoms with van der Waals surface area (Å²) in [6, 6.07) is 4.40. The number of ether oxygens (including phenoxy) is 2. The fourth-order valence-electron chi connectivity index (χ4n) is 4.71. The third kappa shape index (κ3) is 4.14. The first-order chi connectivity index (χ1) is 12.9. The van der Waals surface area contributed by atoms with Crippen molar-refractivity contribution in [2.45, 2.75) is 53.0 Å². The molecule has 1 atom stereocenters. The predicted octanol–water partition coefficient (Wildman–Crippen LogP) is 3.83. The molecule has 1 N–H and O–H groups in total. The highest BCUT2D eigenvalue weighted by atomic mass is 16.5. The lowest BCUT2D eigenvalue weighted by molar-refractivity contribution is -0.147. The topological polar surface area (TPSA) is 59.0 Å². The van der Waals surface area contributed by atoms with Crippen LogP contribution in [0.3, 0.4) is 0 Å². The van der Waals surface area contributed by atoms with Crippen LogP contribution in [-0.4, -0.2) is 48.9 Å². The Labute approximate surface area is 162 Å². The first kappa shape index (κ1) is 20.2. The number of aryl methyl sites for hydroxylation is 1. The Morgan fingerprint density at radius 3 is 2.67 bits per heavy atom. The molecule has 5 heteroatoms. The molecule has 2 fully saturated rings. The normalized spacial score (nSPS) is 22.5. The average Bonchev–Trinajstić information content (AvgIpc) is 2.95. The maximum atomic E-state index is 11.9. The molecule has 0 radical (unpaired) electrons. The van der Waals surface area contributed by atoms with E-state index in [0.29, 0.717) is 32.3 Å². The third-order valence-corrected chi connectivity index (χ3v) is 6.29. The van der Waals surface area contributed by atoms with Crippen LogP contribution in [0.1, 0.15) is 56.2 Å². The van der Waals surface area contributed by atoms with Crippen LogP contribution in [0, 0.1) is 18.3 Å². The highest BCUT2D eigenvalue weighted by Gasteiger charge is 2.50. The van der Waals surface area contributed by atoms with Gasteiger partial charge < -0.3 is 14.6 Å². The summed E-state index contributed by atoms with van der Waals surface area (Å²) in [6.45, 7) is 12.8. The smallest absolute Gasteiger partial charge is 0.308 e. The van der Waals surface area contributed by atoms with Gasteiger partial charge in [0.2, 0.25) is 0 Å². The van der Waals surface area contributed by atoms with Crippen molar-refractivity contribution in [3.8, 4) is 5.75 Å². The van der Waals surface area contributed by atoms with E-state index in [-0.39, 0.29) is 11.3 Å². The van der Waals surface area contributed by atoms with Crippen LogP contribution in [0.5, 0.6) is 5.75 Å². The number of hydrogen-bond acceptors (Lipinski definition) is 4. The molecule has 2 aliphatic rings. The van der Waals surface area contributed by atoms with E-state index in [1.807, 2.05) is 6.92 Å². The zero-order valence-electron chi connectivity index (χ0n) is 17.1. The largest absolute Gasteiger partial charge is 0.494 e. The van der Waals surface area contributed by atoms with Gasteiger partial charge >= 0.3 is 5.97 Å². The Kier molecular flexibility index (Phi) is 6.11. The van der Waals surface area contributed by atoms with Crippen LogP contribution in [0.2, 0.25) is 0 Å². The van der Waals surface area contributed by atoms with Gasteiger partial charge in [0.1, 0.15) is 5.75 Å². The number of carboxylic acid groups (broad SMARTS) is 1. The van der Waals surface area contributed by atoms with Gasteiger partial charge in [0.05, 0.1) is 12.5 Å². The Balaban J connectivity index is 1.82. The van der Waals surface area contributed by atoms with Gasteiger partial charge in [-0.25, -0.2) is 0 Å². The lowest BCUT2D eigenvalue weighted by Gasteiger charge is -2.36. The first-order valence-corrected chi connectivity index (χ1v) is 10.2. The Morgan fingerprint density at radius 2 is 2.07 bits per heavy atom. The van der Waals surface area contributed by atoms with E-state index < -0.39 is 5.97 Å². The minimum Gasteiger partial charge on any atom is -0.494 e. The molecule has 0 bridgehead atoms. The molecule has 5 nitrogen and oxygen atoms in total. The second-order valence-electron chi connectivity index (χ2n) is 8.44. The quantitative estimate of drug-likeness (QED) is 0.819. The van der Waals surface area contributed by atoms with E-state index in [2.05, 4.69) is 37.8 Å². The van der Waals surface area contributed by atoms with Crippen molar-refractivity contribution in [1.82, 2.24) is 4.90 Å². The zero-order chi connectivity index (χ0) is 19.6. The van der Waals surface area contributed by atoms with Gasteiger partial charge in [-0.15, -0.1) is 0 Å². The number of carbonyl (C=O) groups is 1. The third-order valence-electron chi connectivity index (χ3n) is 6.29. The van der Waals surface area contributed by atoms with E-state index >= 15 is 0 Å². The molecule has 0 saturated carbocycles. The van der Waals surface area contributed by atoms with Gasteiger partial charge in [-0.05, 0) is 55.4 Å². The van der Waals surface area contributed by atoms with Crippen molar-refractivity contribution in [2.75, 3.05) is 32.9 Å². The van der Waals surface area contributed by atoms with Gasteiger partial charge in [0.15, 0.2) is 0 Å². The van der Waals surface area contributed by atoms with Crippen molar-refractivity contribution in [1.29, 1.82) is 0 Å². The second kappa shape index (κ2) is 8.19. The highest BCUT2D eigenvalue weighted by Crippen LogP contribution is 2.45. The number of aliphatic carboxylic acids is 1. The number of hydrogen-bond donors (Lipinski definition) is 1. The Morgan fingerprint density at radius 1 is 1.37 bits per heavy atom. The summed E-state index contributed by atoms with van der Waals surface area (Å²) in [4.78, 5) is 14.2. The molecule has 1 spiro atoms. The van der Waals surface area contributed by atoms with Gasteiger partial charge in [-0.3, -0.25) is 9.69 Å². The summed E-state index contributed by atoms with van der Waals surface area (Å²) in [5.41, 5.74) is 3.58. The lowest BCUT2D eigenvalue weighted by Crippen LogP contribution is -2.40. The number of nitrogens with zero attached hydrogens (tertiary/aromatic N) is 1. The molecule has 27 heavy (non-hydrogen) atoms. The van der Waals surface area contributed by atoms with E-state index in [0.717, 1.165) is 31.7 Å². The van der Waals surface area contributed by atoms with Crippen LogP contribution < -0.4 is 4.74 Å². The summed E-state index contributed by atoms with van der Waals surface area (Å²) in [5, 5.41) is 9.80. The number of likely N-dealkylation sites (tertiary alicyclic amines) is 1. The first-order valence-electron chi connectivity index (χ1n) is 10.2. The maximum Gasteiger partial charge on any atom is 0.308 e. The summed E-state index contributed by atoms with van der Waals surface area (Å²) in [7, 11) is 0. The number of benzene rings is 1. The van der Waals surface area contributed by atoms with Crippen LogP contribution in [-0.2, 0) is 16.1 Å². The SMILES string of the molecule is CCOc1cc(C)c(CN2CC(C(=O)O)C3(CCOCC3)C2)cc1C(C)C. The molecule has 1 aromatic carbocycles. The maximum absolute atomic E-state index is 11.9. The summed E-state index contributed by atoms with van der Waals surface area (Å²) in [5.74, 6) is 0.400. The van der Waals surface area contributed by atoms with Crippen LogP contribution in [0.15, 0.2) is 12.1 Å². The molecular formula is C22H33NO4. The summed E-state index contributed by atoms with van der Waals surface area (Å²) < 4.78 is 11.3. The van der Waals surface area contributed by atoms with Crippen molar-refractivity contribution in [3.05, 3.63) is 28.8 Å².